The van der Waals surface area contributed by atoms with E-state index in [0.29, 0.717) is 0 Å². The number of hydrogen-bond acceptors (Lipinski definition) is 0. The molecule has 0 spiro atoms. The van der Waals surface area contributed by atoms with Gasteiger partial charge >= 0.3 is 17.4 Å². The van der Waals surface area contributed by atoms with E-state index in [4.69, 9.17) is 0 Å². The van der Waals surface area contributed by atoms with Crippen LogP contribution in [0.1, 0.15) is 48.9 Å². The van der Waals surface area contributed by atoms with Gasteiger partial charge in [0.15, 0.2) is 0 Å². The molecule has 0 bridgehead atoms. The Bertz CT molecular complexity index is 401. The summed E-state index contributed by atoms with van der Waals surface area (Å²) < 4.78 is 0. The first-order chi connectivity index (χ1) is 8.69. The van der Waals surface area contributed by atoms with Gasteiger partial charge in [-0.2, -0.15) is 34.4 Å². The molecule has 0 nitrogen and oxygen atoms in total. The summed E-state index contributed by atoms with van der Waals surface area (Å²) in [5.41, 5.74) is 5.91. The third-order valence-corrected chi connectivity index (χ3v) is 3.34. The second kappa shape index (κ2) is 14.7. The van der Waals surface area contributed by atoms with Crippen molar-refractivity contribution in [2.24, 2.45) is 0 Å². The van der Waals surface area contributed by atoms with E-state index >= 15 is 0 Å². The Morgan fingerprint density at radius 1 is 0.762 bits per heavy atom. The Hall–Kier alpha value is -0.188. The fourth-order valence-corrected chi connectivity index (χ4v) is 2.19. The van der Waals surface area contributed by atoms with E-state index in [9.17, 15) is 0 Å². The maximum atomic E-state index is 2.21. The molecule has 0 saturated heterocycles. The Labute approximate surface area is 154 Å². The number of aryl methyl sites for hydroxylation is 4. The van der Waals surface area contributed by atoms with Crippen LogP contribution in [0.5, 0.6) is 0 Å². The van der Waals surface area contributed by atoms with Crippen molar-refractivity contribution < 1.29 is 42.2 Å². The summed E-state index contributed by atoms with van der Waals surface area (Å²) in [5, 5.41) is 0. The van der Waals surface area contributed by atoms with E-state index in [1.54, 1.807) is 0 Å². The predicted octanol–water partition coefficient (Wildman–Crippen LogP) is -0.662. The molecule has 0 radical (unpaired) electrons. The Morgan fingerprint density at radius 2 is 1.10 bits per heavy atom. The minimum Gasteiger partial charge on any atom is -1.00 e. The molecule has 0 amide bonds. The summed E-state index contributed by atoms with van der Waals surface area (Å²) in [5.74, 6) is 0. The molecule has 0 aliphatic carbocycles. The van der Waals surface area contributed by atoms with Crippen LogP contribution in [0.4, 0.5) is 0 Å². The van der Waals surface area contributed by atoms with Crippen LogP contribution in [-0.2, 0) is 30.2 Å². The van der Waals surface area contributed by atoms with E-state index in [1.165, 1.54) is 47.9 Å². The molecular weight excluding hydrogens is 339 g/mol. The molecule has 0 unspecified atom stereocenters. The molecule has 0 aromatic heterocycles. The van der Waals surface area contributed by atoms with Gasteiger partial charge in [-0.15, -0.1) is 0 Å². The second-order valence-electron chi connectivity index (χ2n) is 4.97. The maximum absolute atomic E-state index is 2.21. The zero-order valence-electron chi connectivity index (χ0n) is 13.5. The molecule has 2 aromatic rings. The van der Waals surface area contributed by atoms with Gasteiger partial charge in [0.2, 0.25) is 0 Å². The van der Waals surface area contributed by atoms with E-state index < -0.39 is 0 Å². The van der Waals surface area contributed by atoms with Crippen molar-refractivity contribution in [2.45, 2.75) is 53.4 Å². The van der Waals surface area contributed by atoms with Crippen LogP contribution in [0.25, 0.3) is 0 Å². The summed E-state index contributed by atoms with van der Waals surface area (Å²) in [4.78, 5) is 0. The van der Waals surface area contributed by atoms with Crippen LogP contribution >= 0.6 is 0 Å². The monoisotopic (exact) mass is 364 g/mol. The summed E-state index contributed by atoms with van der Waals surface area (Å²) in [6, 6.07) is 13.0. The molecule has 118 valence electrons. The van der Waals surface area contributed by atoms with Crippen molar-refractivity contribution in [3.63, 3.8) is 0 Å². The largest absolute Gasteiger partial charge is 4.00 e. The van der Waals surface area contributed by atoms with Crippen LogP contribution in [0.2, 0.25) is 0 Å². The van der Waals surface area contributed by atoms with Crippen LogP contribution in [0, 0.1) is 13.8 Å². The molecule has 0 atom stereocenters. The van der Waals surface area contributed by atoms with Gasteiger partial charge in [0.25, 0.3) is 0 Å². The minimum atomic E-state index is 0. The molecule has 0 N–H and O–H groups in total. The van der Waals surface area contributed by atoms with E-state index in [-0.39, 0.29) is 42.2 Å². The van der Waals surface area contributed by atoms with Gasteiger partial charge in [0.1, 0.15) is 0 Å². The number of hydrogen-bond donors (Lipinski definition) is 0. The van der Waals surface area contributed by atoms with Crippen molar-refractivity contribution in [2.75, 3.05) is 0 Å². The SMILES string of the molecule is CCC[c-]1cccc1C.CCC[c-]1cccc1C.[Cl-].[Cl-].[Cr+4]. The van der Waals surface area contributed by atoms with Crippen molar-refractivity contribution >= 4 is 0 Å². The molecule has 0 aliphatic rings. The normalized spacial score (nSPS) is 8.57. The van der Waals surface area contributed by atoms with E-state index in [0.717, 1.165) is 0 Å². The second-order valence-corrected chi connectivity index (χ2v) is 4.97. The van der Waals surface area contributed by atoms with Crippen LogP contribution in [0.3, 0.4) is 0 Å². The van der Waals surface area contributed by atoms with E-state index in [2.05, 4.69) is 64.1 Å². The molecule has 2 aromatic carbocycles. The number of rotatable bonds is 4. The van der Waals surface area contributed by atoms with Crippen molar-refractivity contribution in [3.05, 3.63) is 58.7 Å². The quantitative estimate of drug-likeness (QED) is 0.632. The first kappa shape index (κ1) is 25.7. The number of halogens is 2. The smallest absolute Gasteiger partial charge is 1.00 e. The zero-order chi connectivity index (χ0) is 13.4. The minimum absolute atomic E-state index is 0. The molecule has 0 saturated carbocycles. The molecule has 0 fully saturated rings. The van der Waals surface area contributed by atoms with Gasteiger partial charge < -0.3 is 24.8 Å². The van der Waals surface area contributed by atoms with Gasteiger partial charge in [0, 0.05) is 0 Å². The van der Waals surface area contributed by atoms with Crippen molar-refractivity contribution in [3.8, 4) is 0 Å². The Kier molecular flexibility index (Phi) is 18.1. The first-order valence-electron chi connectivity index (χ1n) is 7.11. The third kappa shape index (κ3) is 9.43. The maximum Gasteiger partial charge on any atom is 4.00 e. The van der Waals surface area contributed by atoms with Crippen LogP contribution in [-0.4, -0.2) is 0 Å². The van der Waals surface area contributed by atoms with Crippen LogP contribution < -0.4 is 24.8 Å². The van der Waals surface area contributed by atoms with Gasteiger partial charge in [-0.05, 0) is 0 Å². The molecule has 0 aliphatic heterocycles. The fourth-order valence-electron chi connectivity index (χ4n) is 2.19. The molecule has 2 rings (SSSR count). The van der Waals surface area contributed by atoms with Gasteiger partial charge in [-0.3, -0.25) is 0 Å². The fraction of sp³-hybridized carbons (Fsp3) is 0.444. The van der Waals surface area contributed by atoms with Crippen LogP contribution in [0.15, 0.2) is 36.4 Å². The van der Waals surface area contributed by atoms with Gasteiger partial charge in [-0.1, -0.05) is 53.4 Å². The summed E-state index contributed by atoms with van der Waals surface area (Å²) in [6.45, 7) is 8.77. The summed E-state index contributed by atoms with van der Waals surface area (Å²) >= 11 is 0. The average molecular weight is 365 g/mol. The summed E-state index contributed by atoms with van der Waals surface area (Å²) in [7, 11) is 0. The molecule has 21 heavy (non-hydrogen) atoms. The van der Waals surface area contributed by atoms with Gasteiger partial charge in [-0.25, -0.2) is 24.3 Å². The molecule has 3 heteroatoms. The predicted molar refractivity (Wildman–Crippen MR) is 81.5 cm³/mol. The van der Waals surface area contributed by atoms with Crippen molar-refractivity contribution in [1.29, 1.82) is 0 Å². The first-order valence-corrected chi connectivity index (χ1v) is 7.11. The third-order valence-electron chi connectivity index (χ3n) is 3.34. The molecular formula is C18H26Cl2Cr. The Morgan fingerprint density at radius 3 is 1.29 bits per heavy atom. The van der Waals surface area contributed by atoms with Crippen molar-refractivity contribution in [1.82, 2.24) is 0 Å². The summed E-state index contributed by atoms with van der Waals surface area (Å²) in [6.07, 6.45) is 4.98. The standard InChI is InChI=1S/2C9H13.2ClH.Cr/c2*1-3-5-9-7-4-6-8(9)2;;;/h2*4,6-7H,3,5H2,1-2H3;2*1H;/q2*-1;;;+4/p-2. The Balaban J connectivity index is -0.000000270. The van der Waals surface area contributed by atoms with E-state index in [1.807, 2.05) is 0 Å². The zero-order valence-corrected chi connectivity index (χ0v) is 16.2. The molecule has 0 heterocycles. The topological polar surface area (TPSA) is 0 Å². The average Bonchev–Trinajstić information content (AvgIpc) is 2.92. The van der Waals surface area contributed by atoms with Gasteiger partial charge in [0.05, 0.1) is 0 Å².